The standard InChI is InChI=1S/C21H26N2O3S/c1-16(2)22-21(24)14-11-17-9-12-19(13-10-17)27(25,26)23-15-5-7-18-6-3-4-8-20(18)23/h3-4,6,8-10,12-13,16H,5,7,11,14-15H2,1-2H3,(H,22,24). The van der Waals surface area contributed by atoms with Gasteiger partial charge in [0.05, 0.1) is 10.6 Å². The molecule has 0 aromatic heterocycles. The Morgan fingerprint density at radius 3 is 2.52 bits per heavy atom. The summed E-state index contributed by atoms with van der Waals surface area (Å²) in [5.41, 5.74) is 2.80. The maximum atomic E-state index is 13.1. The fourth-order valence-electron chi connectivity index (χ4n) is 3.36. The van der Waals surface area contributed by atoms with Crippen LogP contribution < -0.4 is 9.62 Å². The largest absolute Gasteiger partial charge is 0.354 e. The van der Waals surface area contributed by atoms with E-state index in [-0.39, 0.29) is 16.8 Å². The molecule has 1 aliphatic heterocycles. The molecule has 0 unspecified atom stereocenters. The number of aryl methyl sites for hydroxylation is 2. The third kappa shape index (κ3) is 4.50. The maximum absolute atomic E-state index is 13.1. The van der Waals surface area contributed by atoms with Crippen LogP contribution >= 0.6 is 0 Å². The molecule has 1 N–H and O–H groups in total. The van der Waals surface area contributed by atoms with Crippen molar-refractivity contribution in [2.45, 2.75) is 50.5 Å². The van der Waals surface area contributed by atoms with E-state index in [4.69, 9.17) is 0 Å². The topological polar surface area (TPSA) is 66.5 Å². The number of rotatable bonds is 6. The highest BCUT2D eigenvalue weighted by atomic mass is 32.2. The molecule has 27 heavy (non-hydrogen) atoms. The molecular formula is C21H26N2O3S. The fourth-order valence-corrected chi connectivity index (χ4v) is 4.90. The minimum absolute atomic E-state index is 0.00613. The fraction of sp³-hybridized carbons (Fsp3) is 0.381. The van der Waals surface area contributed by atoms with Gasteiger partial charge >= 0.3 is 0 Å². The Kier molecular flexibility index (Phi) is 5.85. The number of anilines is 1. The highest BCUT2D eigenvalue weighted by Gasteiger charge is 2.28. The minimum atomic E-state index is -3.59. The zero-order chi connectivity index (χ0) is 19.4. The van der Waals surface area contributed by atoms with Crippen molar-refractivity contribution >= 4 is 21.6 Å². The SMILES string of the molecule is CC(C)NC(=O)CCc1ccc(S(=O)(=O)N2CCCc3ccccc32)cc1. The number of hydrogen-bond acceptors (Lipinski definition) is 3. The van der Waals surface area contributed by atoms with E-state index >= 15 is 0 Å². The molecule has 1 amide bonds. The summed E-state index contributed by atoms with van der Waals surface area (Å²) in [4.78, 5) is 12.0. The average Bonchev–Trinajstić information content (AvgIpc) is 2.65. The van der Waals surface area contributed by atoms with Crippen LogP contribution in [0.5, 0.6) is 0 Å². The van der Waals surface area contributed by atoms with E-state index in [9.17, 15) is 13.2 Å². The van der Waals surface area contributed by atoms with E-state index in [1.807, 2.05) is 38.1 Å². The highest BCUT2D eigenvalue weighted by molar-refractivity contribution is 7.92. The van der Waals surface area contributed by atoms with Gasteiger partial charge in [-0.3, -0.25) is 9.10 Å². The van der Waals surface area contributed by atoms with E-state index < -0.39 is 10.0 Å². The van der Waals surface area contributed by atoms with Gasteiger partial charge in [-0.05, 0) is 62.4 Å². The number of nitrogens with zero attached hydrogens (tertiary/aromatic N) is 1. The van der Waals surface area contributed by atoms with Crippen molar-refractivity contribution in [3.8, 4) is 0 Å². The molecule has 0 spiro atoms. The van der Waals surface area contributed by atoms with Gasteiger partial charge in [-0.25, -0.2) is 8.42 Å². The van der Waals surface area contributed by atoms with Gasteiger partial charge in [-0.2, -0.15) is 0 Å². The normalized spacial score (nSPS) is 14.1. The van der Waals surface area contributed by atoms with Crippen LogP contribution in [0.2, 0.25) is 0 Å². The third-order valence-corrected chi connectivity index (χ3v) is 6.50. The van der Waals surface area contributed by atoms with Crippen LogP contribution in [0.25, 0.3) is 0 Å². The van der Waals surface area contributed by atoms with E-state index in [0.29, 0.717) is 19.4 Å². The van der Waals surface area contributed by atoms with Crippen LogP contribution in [0.15, 0.2) is 53.4 Å². The molecule has 0 fully saturated rings. The van der Waals surface area contributed by atoms with Crippen molar-refractivity contribution in [3.05, 3.63) is 59.7 Å². The third-order valence-electron chi connectivity index (χ3n) is 4.67. The van der Waals surface area contributed by atoms with Crippen LogP contribution in [0.4, 0.5) is 5.69 Å². The van der Waals surface area contributed by atoms with Gasteiger partial charge in [-0.1, -0.05) is 30.3 Å². The highest BCUT2D eigenvalue weighted by Crippen LogP contribution is 2.31. The molecule has 5 nitrogen and oxygen atoms in total. The Balaban J connectivity index is 1.74. The number of fused-ring (bicyclic) bond motifs is 1. The van der Waals surface area contributed by atoms with Gasteiger partial charge < -0.3 is 5.32 Å². The first kappa shape index (κ1) is 19.4. The number of benzene rings is 2. The Morgan fingerprint density at radius 2 is 1.81 bits per heavy atom. The summed E-state index contributed by atoms with van der Waals surface area (Å²) in [6.07, 6.45) is 2.70. The lowest BCUT2D eigenvalue weighted by Gasteiger charge is -2.30. The molecule has 0 aliphatic carbocycles. The second-order valence-corrected chi connectivity index (χ2v) is 9.04. The molecular weight excluding hydrogens is 360 g/mol. The second-order valence-electron chi connectivity index (χ2n) is 7.18. The number of sulfonamides is 1. The lowest BCUT2D eigenvalue weighted by atomic mass is 10.0. The molecule has 2 aromatic carbocycles. The van der Waals surface area contributed by atoms with Gasteiger partial charge in [0.25, 0.3) is 10.0 Å². The van der Waals surface area contributed by atoms with E-state index in [0.717, 1.165) is 29.7 Å². The first-order valence-corrected chi connectivity index (χ1v) is 10.8. The Morgan fingerprint density at radius 1 is 1.11 bits per heavy atom. The van der Waals surface area contributed by atoms with Gasteiger partial charge in [-0.15, -0.1) is 0 Å². The molecule has 0 atom stereocenters. The number of carbonyl (C=O) groups is 1. The predicted octanol–water partition coefficient (Wildman–Crippen LogP) is 3.29. The molecule has 0 saturated heterocycles. The van der Waals surface area contributed by atoms with Crippen molar-refractivity contribution in [2.75, 3.05) is 10.8 Å². The van der Waals surface area contributed by atoms with Gasteiger partial charge in [0.2, 0.25) is 5.91 Å². The first-order chi connectivity index (χ1) is 12.9. The Bertz CT molecular complexity index is 905. The second kappa shape index (κ2) is 8.13. The van der Waals surface area contributed by atoms with Crippen molar-refractivity contribution in [2.24, 2.45) is 0 Å². The number of hydrogen-bond donors (Lipinski definition) is 1. The average molecular weight is 387 g/mol. The van der Waals surface area contributed by atoms with Crippen LogP contribution in [0.3, 0.4) is 0 Å². The molecule has 6 heteroatoms. The molecule has 2 aromatic rings. The summed E-state index contributed by atoms with van der Waals surface area (Å²) < 4.78 is 27.7. The zero-order valence-electron chi connectivity index (χ0n) is 15.8. The van der Waals surface area contributed by atoms with Crippen LogP contribution in [-0.4, -0.2) is 26.9 Å². The molecule has 3 rings (SSSR count). The van der Waals surface area contributed by atoms with Gasteiger partial charge in [0.15, 0.2) is 0 Å². The van der Waals surface area contributed by atoms with Gasteiger partial charge in [0.1, 0.15) is 0 Å². The molecule has 144 valence electrons. The van der Waals surface area contributed by atoms with Crippen molar-refractivity contribution in [1.82, 2.24) is 5.32 Å². The summed E-state index contributed by atoms with van der Waals surface area (Å²) in [5, 5.41) is 2.86. The van der Waals surface area contributed by atoms with Crippen molar-refractivity contribution < 1.29 is 13.2 Å². The molecule has 1 aliphatic rings. The molecule has 0 radical (unpaired) electrons. The first-order valence-electron chi connectivity index (χ1n) is 9.37. The monoisotopic (exact) mass is 386 g/mol. The number of carbonyl (C=O) groups excluding carboxylic acids is 1. The lowest BCUT2D eigenvalue weighted by Crippen LogP contribution is -2.35. The quantitative estimate of drug-likeness (QED) is 0.828. The molecule has 1 heterocycles. The summed E-state index contributed by atoms with van der Waals surface area (Å²) in [5.74, 6) is 0.00613. The Labute approximate surface area is 161 Å². The summed E-state index contributed by atoms with van der Waals surface area (Å²) >= 11 is 0. The predicted molar refractivity (Wildman–Crippen MR) is 107 cm³/mol. The molecule has 0 saturated carbocycles. The lowest BCUT2D eigenvalue weighted by molar-refractivity contribution is -0.121. The zero-order valence-corrected chi connectivity index (χ0v) is 16.6. The summed E-state index contributed by atoms with van der Waals surface area (Å²) in [6, 6.07) is 14.7. The Hall–Kier alpha value is -2.34. The summed E-state index contributed by atoms with van der Waals surface area (Å²) in [6.45, 7) is 4.35. The molecule has 0 bridgehead atoms. The minimum Gasteiger partial charge on any atom is -0.354 e. The van der Waals surface area contributed by atoms with E-state index in [1.165, 1.54) is 4.31 Å². The van der Waals surface area contributed by atoms with Crippen molar-refractivity contribution in [1.29, 1.82) is 0 Å². The van der Waals surface area contributed by atoms with Crippen LogP contribution in [0.1, 0.15) is 37.8 Å². The smallest absolute Gasteiger partial charge is 0.264 e. The van der Waals surface area contributed by atoms with E-state index in [1.54, 1.807) is 24.3 Å². The van der Waals surface area contributed by atoms with Gasteiger partial charge in [0, 0.05) is 19.0 Å². The number of amides is 1. The summed E-state index contributed by atoms with van der Waals surface area (Å²) in [7, 11) is -3.59. The van der Waals surface area contributed by atoms with Crippen molar-refractivity contribution in [3.63, 3.8) is 0 Å². The maximum Gasteiger partial charge on any atom is 0.264 e. The van der Waals surface area contributed by atoms with Crippen LogP contribution in [-0.2, 0) is 27.7 Å². The van der Waals surface area contributed by atoms with Crippen LogP contribution in [0, 0.1) is 0 Å². The van der Waals surface area contributed by atoms with E-state index in [2.05, 4.69) is 5.32 Å². The number of para-hydroxylation sites is 1. The number of nitrogens with one attached hydrogen (secondary N) is 1.